The fourth-order valence-corrected chi connectivity index (χ4v) is 2.62. The summed E-state index contributed by atoms with van der Waals surface area (Å²) in [6, 6.07) is 7.15. The molecule has 2 amide bonds. The first-order valence-electron chi connectivity index (χ1n) is 7.94. The van der Waals surface area contributed by atoms with Gasteiger partial charge in [0.25, 0.3) is 0 Å². The molecule has 1 saturated heterocycles. The van der Waals surface area contributed by atoms with Gasteiger partial charge in [-0.15, -0.1) is 0 Å². The highest BCUT2D eigenvalue weighted by molar-refractivity contribution is 5.95. The normalized spacial score (nSPS) is 15.0. The molecule has 6 nitrogen and oxygen atoms in total. The van der Waals surface area contributed by atoms with Gasteiger partial charge in [-0.05, 0) is 31.9 Å². The predicted molar refractivity (Wildman–Crippen MR) is 87.4 cm³/mol. The quantitative estimate of drug-likeness (QED) is 0.869. The number of hydrogen-bond acceptors (Lipinski definition) is 4. The Morgan fingerprint density at radius 2 is 2.09 bits per heavy atom. The Hall–Kier alpha value is -2.08. The van der Waals surface area contributed by atoms with E-state index in [4.69, 9.17) is 9.47 Å². The number of benzene rings is 1. The van der Waals surface area contributed by atoms with Gasteiger partial charge in [0.1, 0.15) is 5.75 Å². The molecule has 1 aromatic carbocycles. The lowest BCUT2D eigenvalue weighted by atomic mass is 9.98. The zero-order valence-electron chi connectivity index (χ0n) is 13.7. The number of likely N-dealkylation sites (N-methyl/N-ethyl adjacent to an activating group) is 1. The van der Waals surface area contributed by atoms with Crippen LogP contribution in [0.5, 0.6) is 5.75 Å². The molecule has 0 saturated carbocycles. The Balaban J connectivity index is 1.92. The number of carbonyl (C=O) groups is 2. The average molecular weight is 320 g/mol. The molecule has 1 aromatic rings. The monoisotopic (exact) mass is 320 g/mol. The minimum absolute atomic E-state index is 0.0340. The van der Waals surface area contributed by atoms with Crippen molar-refractivity contribution < 1.29 is 19.1 Å². The molecule has 0 bridgehead atoms. The molecule has 23 heavy (non-hydrogen) atoms. The number of hydrogen-bond donors (Lipinski definition) is 1. The van der Waals surface area contributed by atoms with E-state index in [1.807, 2.05) is 13.0 Å². The third-order valence-electron chi connectivity index (χ3n) is 3.95. The highest BCUT2D eigenvalue weighted by atomic mass is 16.5. The van der Waals surface area contributed by atoms with Crippen molar-refractivity contribution >= 4 is 17.5 Å². The van der Waals surface area contributed by atoms with Crippen LogP contribution in [-0.4, -0.2) is 50.1 Å². The fraction of sp³-hybridized carbons (Fsp3) is 0.529. The summed E-state index contributed by atoms with van der Waals surface area (Å²) in [5.41, 5.74) is 0.656. The Bertz CT molecular complexity index is 541. The van der Waals surface area contributed by atoms with E-state index in [0.717, 1.165) is 12.8 Å². The number of methoxy groups -OCH3 is 1. The first-order chi connectivity index (χ1) is 11.1. The second-order valence-corrected chi connectivity index (χ2v) is 5.52. The average Bonchev–Trinajstić information content (AvgIpc) is 2.60. The van der Waals surface area contributed by atoms with Crippen LogP contribution < -0.4 is 10.1 Å². The zero-order chi connectivity index (χ0) is 16.7. The Kier molecular flexibility index (Phi) is 6.40. The first kappa shape index (κ1) is 17.3. The standard InChI is InChI=1S/C17H24N2O4/c1-3-19(17(21)13-7-9-23-10-8-13)12-16(20)18-14-5-4-6-15(11-14)22-2/h4-6,11,13H,3,7-10,12H2,1-2H3,(H,18,20). The highest BCUT2D eigenvalue weighted by Crippen LogP contribution is 2.19. The summed E-state index contributed by atoms with van der Waals surface area (Å²) in [6.07, 6.45) is 1.46. The maximum atomic E-state index is 12.5. The van der Waals surface area contributed by atoms with Crippen LogP contribution in [0.4, 0.5) is 5.69 Å². The van der Waals surface area contributed by atoms with E-state index < -0.39 is 0 Å². The number of anilines is 1. The lowest BCUT2D eigenvalue weighted by Gasteiger charge is -2.28. The summed E-state index contributed by atoms with van der Waals surface area (Å²) in [5, 5.41) is 2.80. The maximum Gasteiger partial charge on any atom is 0.243 e. The SMILES string of the molecule is CCN(CC(=O)Nc1cccc(OC)c1)C(=O)C1CCOCC1. The van der Waals surface area contributed by atoms with E-state index in [0.29, 0.717) is 31.2 Å². The van der Waals surface area contributed by atoms with Crippen molar-refractivity contribution in [2.45, 2.75) is 19.8 Å². The van der Waals surface area contributed by atoms with Crippen molar-refractivity contribution in [2.24, 2.45) is 5.92 Å². The molecule has 1 aliphatic rings. The summed E-state index contributed by atoms with van der Waals surface area (Å²) in [4.78, 5) is 26.3. The van der Waals surface area contributed by atoms with Crippen molar-refractivity contribution in [3.8, 4) is 5.75 Å². The second kappa shape index (κ2) is 8.53. The lowest BCUT2D eigenvalue weighted by Crippen LogP contribution is -2.42. The molecule has 0 aliphatic carbocycles. The fourth-order valence-electron chi connectivity index (χ4n) is 2.62. The molecule has 1 fully saturated rings. The maximum absolute atomic E-state index is 12.5. The molecule has 0 spiro atoms. The van der Waals surface area contributed by atoms with Crippen LogP contribution in [0.3, 0.4) is 0 Å². The van der Waals surface area contributed by atoms with Crippen LogP contribution in [0, 0.1) is 5.92 Å². The van der Waals surface area contributed by atoms with E-state index in [1.54, 1.807) is 30.2 Å². The zero-order valence-corrected chi connectivity index (χ0v) is 13.7. The molecule has 1 aliphatic heterocycles. The molecule has 1 N–H and O–H groups in total. The Morgan fingerprint density at radius 1 is 1.35 bits per heavy atom. The van der Waals surface area contributed by atoms with Crippen molar-refractivity contribution in [2.75, 3.05) is 38.7 Å². The van der Waals surface area contributed by atoms with Crippen LogP contribution in [0.25, 0.3) is 0 Å². The number of nitrogens with zero attached hydrogens (tertiary/aromatic N) is 1. The largest absolute Gasteiger partial charge is 0.497 e. The highest BCUT2D eigenvalue weighted by Gasteiger charge is 2.26. The van der Waals surface area contributed by atoms with Gasteiger partial charge in [0, 0.05) is 37.4 Å². The first-order valence-corrected chi connectivity index (χ1v) is 7.94. The number of ether oxygens (including phenoxy) is 2. The molecular weight excluding hydrogens is 296 g/mol. The third kappa shape index (κ3) is 4.96. The van der Waals surface area contributed by atoms with E-state index in [2.05, 4.69) is 5.32 Å². The Morgan fingerprint density at radius 3 is 2.74 bits per heavy atom. The lowest BCUT2D eigenvalue weighted by molar-refractivity contribution is -0.140. The van der Waals surface area contributed by atoms with Crippen LogP contribution in [0.2, 0.25) is 0 Å². The van der Waals surface area contributed by atoms with Gasteiger partial charge in [-0.25, -0.2) is 0 Å². The second-order valence-electron chi connectivity index (χ2n) is 5.52. The van der Waals surface area contributed by atoms with Gasteiger partial charge in [-0.2, -0.15) is 0 Å². The summed E-state index contributed by atoms with van der Waals surface area (Å²) in [6.45, 7) is 3.69. The van der Waals surface area contributed by atoms with Gasteiger partial charge in [0.05, 0.1) is 13.7 Å². The topological polar surface area (TPSA) is 67.9 Å². The van der Waals surface area contributed by atoms with Gasteiger partial charge >= 0.3 is 0 Å². The van der Waals surface area contributed by atoms with Gasteiger partial charge in [0.2, 0.25) is 11.8 Å². The summed E-state index contributed by atoms with van der Waals surface area (Å²) in [7, 11) is 1.58. The van der Waals surface area contributed by atoms with E-state index in [1.165, 1.54) is 0 Å². The van der Waals surface area contributed by atoms with E-state index in [9.17, 15) is 9.59 Å². The van der Waals surface area contributed by atoms with E-state index in [-0.39, 0.29) is 24.3 Å². The van der Waals surface area contributed by atoms with Gasteiger partial charge in [-0.1, -0.05) is 6.07 Å². The number of carbonyl (C=O) groups excluding carboxylic acids is 2. The molecular formula is C17H24N2O4. The molecule has 6 heteroatoms. The molecule has 0 radical (unpaired) electrons. The van der Waals surface area contributed by atoms with Crippen LogP contribution in [-0.2, 0) is 14.3 Å². The van der Waals surface area contributed by atoms with Crippen molar-refractivity contribution in [3.05, 3.63) is 24.3 Å². The molecule has 0 unspecified atom stereocenters. The molecule has 2 rings (SSSR count). The van der Waals surface area contributed by atoms with Gasteiger partial charge < -0.3 is 19.7 Å². The molecule has 0 atom stereocenters. The van der Waals surface area contributed by atoms with Crippen molar-refractivity contribution in [3.63, 3.8) is 0 Å². The van der Waals surface area contributed by atoms with Crippen LogP contribution in [0.1, 0.15) is 19.8 Å². The predicted octanol–water partition coefficient (Wildman–Crippen LogP) is 1.91. The summed E-state index contributed by atoms with van der Waals surface area (Å²) in [5.74, 6) is 0.471. The number of amides is 2. The molecule has 1 heterocycles. The van der Waals surface area contributed by atoms with Crippen molar-refractivity contribution in [1.29, 1.82) is 0 Å². The Labute approximate surface area is 136 Å². The summed E-state index contributed by atoms with van der Waals surface area (Å²) < 4.78 is 10.4. The molecule has 126 valence electrons. The van der Waals surface area contributed by atoms with Crippen LogP contribution >= 0.6 is 0 Å². The smallest absolute Gasteiger partial charge is 0.243 e. The third-order valence-corrected chi connectivity index (χ3v) is 3.95. The van der Waals surface area contributed by atoms with E-state index >= 15 is 0 Å². The van der Waals surface area contributed by atoms with Gasteiger partial charge in [-0.3, -0.25) is 9.59 Å². The number of rotatable bonds is 6. The van der Waals surface area contributed by atoms with Crippen molar-refractivity contribution in [1.82, 2.24) is 4.90 Å². The van der Waals surface area contributed by atoms with Gasteiger partial charge in [0.15, 0.2) is 0 Å². The minimum atomic E-state index is -0.208. The summed E-state index contributed by atoms with van der Waals surface area (Å²) >= 11 is 0. The van der Waals surface area contributed by atoms with Crippen LogP contribution in [0.15, 0.2) is 24.3 Å². The number of nitrogens with one attached hydrogen (secondary N) is 1. The minimum Gasteiger partial charge on any atom is -0.497 e. The molecule has 0 aromatic heterocycles.